The Morgan fingerprint density at radius 1 is 1.00 bits per heavy atom. The first-order valence-corrected chi connectivity index (χ1v) is 9.60. The van der Waals surface area contributed by atoms with Crippen LogP contribution in [0.15, 0.2) is 83.7 Å². The van der Waals surface area contributed by atoms with E-state index in [1.54, 1.807) is 65.5 Å². The zero-order valence-electron chi connectivity index (χ0n) is 15.9. The molecular weight excluding hydrogens is 418 g/mol. The monoisotopic (exact) mass is 431 g/mol. The first-order chi connectivity index (χ1) is 15.2. The topological polar surface area (TPSA) is 104 Å². The van der Waals surface area contributed by atoms with Crippen LogP contribution in [-0.4, -0.2) is 35.9 Å². The standard InChI is InChI=1S/C21H14ClN7O2/c22-14-3-1-4-17(11-14)29-19(20-5-2-10-31-20)12-18(25-29)21(30)24-15-6-8-16(9-7-15)28-13-23-26-27-28/h1-13H,(H,24,30). The summed E-state index contributed by atoms with van der Waals surface area (Å²) in [5.41, 5.74) is 2.96. The predicted molar refractivity (Wildman–Crippen MR) is 113 cm³/mol. The Labute approximate surface area is 180 Å². The van der Waals surface area contributed by atoms with Gasteiger partial charge in [0.25, 0.3) is 5.91 Å². The van der Waals surface area contributed by atoms with Gasteiger partial charge in [0.05, 0.1) is 17.6 Å². The van der Waals surface area contributed by atoms with Gasteiger partial charge in [-0.05, 0) is 65.0 Å². The van der Waals surface area contributed by atoms with Crippen molar-refractivity contribution in [2.45, 2.75) is 0 Å². The minimum Gasteiger partial charge on any atom is -0.463 e. The third-order valence-corrected chi connectivity index (χ3v) is 4.74. The van der Waals surface area contributed by atoms with Crippen molar-refractivity contribution in [3.8, 4) is 22.8 Å². The van der Waals surface area contributed by atoms with Gasteiger partial charge in [0.15, 0.2) is 11.5 Å². The summed E-state index contributed by atoms with van der Waals surface area (Å²) in [5.74, 6) is 0.223. The van der Waals surface area contributed by atoms with Gasteiger partial charge in [0.1, 0.15) is 12.0 Å². The molecule has 0 spiro atoms. The third kappa shape index (κ3) is 3.81. The zero-order chi connectivity index (χ0) is 21.2. The highest BCUT2D eigenvalue weighted by Crippen LogP contribution is 2.26. The summed E-state index contributed by atoms with van der Waals surface area (Å²) in [6, 6.07) is 19.6. The summed E-state index contributed by atoms with van der Waals surface area (Å²) in [6.07, 6.45) is 3.06. The van der Waals surface area contributed by atoms with Crippen molar-refractivity contribution in [2.75, 3.05) is 5.32 Å². The largest absolute Gasteiger partial charge is 0.463 e. The first kappa shape index (κ1) is 18.8. The maximum absolute atomic E-state index is 12.9. The van der Waals surface area contributed by atoms with E-state index < -0.39 is 0 Å². The molecule has 1 N–H and O–H groups in total. The number of halogens is 1. The molecule has 10 heteroatoms. The molecule has 5 aromatic rings. The Hall–Kier alpha value is -4.24. The summed E-state index contributed by atoms with van der Waals surface area (Å²) in [4.78, 5) is 12.9. The van der Waals surface area contributed by atoms with Crippen molar-refractivity contribution in [3.63, 3.8) is 0 Å². The molecule has 0 saturated heterocycles. The van der Waals surface area contributed by atoms with Gasteiger partial charge in [-0.15, -0.1) is 5.10 Å². The molecule has 31 heavy (non-hydrogen) atoms. The summed E-state index contributed by atoms with van der Waals surface area (Å²) >= 11 is 6.14. The highest BCUT2D eigenvalue weighted by molar-refractivity contribution is 6.30. The first-order valence-electron chi connectivity index (χ1n) is 9.22. The van der Waals surface area contributed by atoms with Crippen molar-refractivity contribution in [1.29, 1.82) is 0 Å². The molecule has 1 amide bonds. The minimum atomic E-state index is -0.358. The number of nitrogens with zero attached hydrogens (tertiary/aromatic N) is 6. The van der Waals surface area contributed by atoms with E-state index in [1.807, 2.05) is 12.1 Å². The maximum Gasteiger partial charge on any atom is 0.276 e. The molecule has 5 rings (SSSR count). The molecule has 3 heterocycles. The number of tetrazole rings is 1. The predicted octanol–water partition coefficient (Wildman–Crippen LogP) is 4.01. The molecule has 2 aromatic carbocycles. The van der Waals surface area contributed by atoms with E-state index in [0.717, 1.165) is 5.69 Å². The van der Waals surface area contributed by atoms with Crippen LogP contribution >= 0.6 is 11.6 Å². The molecule has 9 nitrogen and oxygen atoms in total. The van der Waals surface area contributed by atoms with E-state index in [0.29, 0.717) is 27.9 Å². The van der Waals surface area contributed by atoms with E-state index in [-0.39, 0.29) is 11.6 Å². The zero-order valence-corrected chi connectivity index (χ0v) is 16.6. The number of nitrogens with one attached hydrogen (secondary N) is 1. The molecule has 3 aromatic heterocycles. The lowest BCUT2D eigenvalue weighted by molar-refractivity contribution is 0.102. The molecule has 0 saturated carbocycles. The lowest BCUT2D eigenvalue weighted by Crippen LogP contribution is -2.13. The van der Waals surface area contributed by atoms with Gasteiger partial charge in [0, 0.05) is 16.8 Å². The molecular formula is C21H14ClN7O2. The summed E-state index contributed by atoms with van der Waals surface area (Å²) in [6.45, 7) is 0. The number of aromatic nitrogens is 6. The quantitative estimate of drug-likeness (QED) is 0.451. The second-order valence-electron chi connectivity index (χ2n) is 6.54. The molecule has 0 radical (unpaired) electrons. The molecule has 0 unspecified atom stereocenters. The minimum absolute atomic E-state index is 0.232. The van der Waals surface area contributed by atoms with Crippen LogP contribution in [0.25, 0.3) is 22.8 Å². The summed E-state index contributed by atoms with van der Waals surface area (Å²) in [7, 11) is 0. The Kier molecular flexibility index (Phi) is 4.77. The van der Waals surface area contributed by atoms with E-state index in [9.17, 15) is 4.79 Å². The number of carbonyl (C=O) groups is 1. The van der Waals surface area contributed by atoms with E-state index >= 15 is 0 Å². The Morgan fingerprint density at radius 3 is 2.58 bits per heavy atom. The molecule has 0 aliphatic carbocycles. The number of amides is 1. The van der Waals surface area contributed by atoms with Crippen LogP contribution in [0.5, 0.6) is 0 Å². The van der Waals surface area contributed by atoms with Crippen LogP contribution < -0.4 is 5.32 Å². The van der Waals surface area contributed by atoms with Gasteiger partial charge in [-0.2, -0.15) is 5.10 Å². The maximum atomic E-state index is 12.9. The molecule has 0 aliphatic rings. The third-order valence-electron chi connectivity index (χ3n) is 4.51. The van der Waals surface area contributed by atoms with Gasteiger partial charge in [-0.3, -0.25) is 4.79 Å². The van der Waals surface area contributed by atoms with Crippen molar-refractivity contribution in [3.05, 3.63) is 90.0 Å². The number of rotatable bonds is 5. The lowest BCUT2D eigenvalue weighted by Gasteiger charge is -2.06. The number of hydrogen-bond acceptors (Lipinski definition) is 6. The van der Waals surface area contributed by atoms with Crippen LogP contribution in [-0.2, 0) is 0 Å². The van der Waals surface area contributed by atoms with Gasteiger partial charge in [-0.25, -0.2) is 9.36 Å². The Balaban J connectivity index is 1.44. The van der Waals surface area contributed by atoms with Crippen LogP contribution in [0.2, 0.25) is 5.02 Å². The summed E-state index contributed by atoms with van der Waals surface area (Å²) in [5, 5.41) is 18.9. The second kappa shape index (κ2) is 7.88. The van der Waals surface area contributed by atoms with E-state index in [2.05, 4.69) is 25.9 Å². The smallest absolute Gasteiger partial charge is 0.276 e. The number of hydrogen-bond donors (Lipinski definition) is 1. The van der Waals surface area contributed by atoms with Crippen LogP contribution in [0.4, 0.5) is 5.69 Å². The van der Waals surface area contributed by atoms with Crippen molar-refractivity contribution < 1.29 is 9.21 Å². The van der Waals surface area contributed by atoms with Crippen molar-refractivity contribution in [1.82, 2.24) is 30.0 Å². The van der Waals surface area contributed by atoms with Gasteiger partial charge >= 0.3 is 0 Å². The fourth-order valence-corrected chi connectivity index (χ4v) is 3.25. The average molecular weight is 432 g/mol. The highest BCUT2D eigenvalue weighted by Gasteiger charge is 2.18. The normalized spacial score (nSPS) is 10.9. The lowest BCUT2D eigenvalue weighted by atomic mass is 10.2. The number of benzene rings is 2. The van der Waals surface area contributed by atoms with Crippen LogP contribution in [0.3, 0.4) is 0 Å². The molecule has 0 bridgehead atoms. The van der Waals surface area contributed by atoms with Crippen LogP contribution in [0.1, 0.15) is 10.5 Å². The van der Waals surface area contributed by atoms with Crippen LogP contribution in [0, 0.1) is 0 Å². The van der Waals surface area contributed by atoms with E-state index in [4.69, 9.17) is 16.0 Å². The van der Waals surface area contributed by atoms with Gasteiger partial charge < -0.3 is 9.73 Å². The number of anilines is 1. The fourth-order valence-electron chi connectivity index (χ4n) is 3.07. The SMILES string of the molecule is O=C(Nc1ccc(-n2cnnn2)cc1)c1cc(-c2ccco2)n(-c2cccc(Cl)c2)n1. The van der Waals surface area contributed by atoms with Gasteiger partial charge in [-0.1, -0.05) is 17.7 Å². The molecule has 0 fully saturated rings. The van der Waals surface area contributed by atoms with Gasteiger partial charge in [0.2, 0.25) is 0 Å². The van der Waals surface area contributed by atoms with Crippen molar-refractivity contribution >= 4 is 23.2 Å². The number of furan rings is 1. The van der Waals surface area contributed by atoms with E-state index in [1.165, 1.54) is 11.0 Å². The fraction of sp³-hybridized carbons (Fsp3) is 0. The second-order valence-corrected chi connectivity index (χ2v) is 6.98. The van der Waals surface area contributed by atoms with Crippen molar-refractivity contribution in [2.24, 2.45) is 0 Å². The molecule has 152 valence electrons. The Bertz CT molecular complexity index is 1330. The highest BCUT2D eigenvalue weighted by atomic mass is 35.5. The summed E-state index contributed by atoms with van der Waals surface area (Å²) < 4.78 is 8.68. The average Bonchev–Trinajstić information content (AvgIpc) is 3.55. The molecule has 0 aliphatic heterocycles. The molecule has 0 atom stereocenters. The number of carbonyl (C=O) groups excluding carboxylic acids is 1. The Morgan fingerprint density at radius 2 is 1.87 bits per heavy atom.